The SMILES string of the molecule is Cl.O=C(NC1CCOCC1)c1ccc(NC(=O)C2CCCCN2)cc1. The number of carbonyl (C=O) groups is 2. The van der Waals surface area contributed by atoms with Crippen LogP contribution in [0, 0.1) is 0 Å². The summed E-state index contributed by atoms with van der Waals surface area (Å²) in [6, 6.07) is 7.12. The van der Waals surface area contributed by atoms with Gasteiger partial charge in [0.1, 0.15) is 0 Å². The molecule has 6 nitrogen and oxygen atoms in total. The van der Waals surface area contributed by atoms with Crippen LogP contribution in [0.3, 0.4) is 0 Å². The smallest absolute Gasteiger partial charge is 0.251 e. The van der Waals surface area contributed by atoms with Crippen LogP contribution >= 0.6 is 12.4 Å². The van der Waals surface area contributed by atoms with Crippen LogP contribution in [-0.4, -0.2) is 43.7 Å². The van der Waals surface area contributed by atoms with E-state index < -0.39 is 0 Å². The average molecular weight is 368 g/mol. The van der Waals surface area contributed by atoms with Crippen molar-refractivity contribution in [1.82, 2.24) is 10.6 Å². The third-order valence-corrected chi connectivity index (χ3v) is 4.60. The van der Waals surface area contributed by atoms with E-state index in [9.17, 15) is 9.59 Å². The minimum Gasteiger partial charge on any atom is -0.381 e. The number of carbonyl (C=O) groups excluding carboxylic acids is 2. The number of benzene rings is 1. The van der Waals surface area contributed by atoms with Gasteiger partial charge in [0.15, 0.2) is 0 Å². The molecular weight excluding hydrogens is 342 g/mol. The second-order valence-electron chi connectivity index (χ2n) is 6.43. The first-order chi connectivity index (χ1) is 11.7. The van der Waals surface area contributed by atoms with Crippen molar-refractivity contribution in [2.75, 3.05) is 25.1 Å². The Labute approximate surface area is 154 Å². The molecule has 2 fully saturated rings. The molecule has 0 spiro atoms. The minimum atomic E-state index is -0.116. The van der Waals surface area contributed by atoms with E-state index in [2.05, 4.69) is 16.0 Å². The van der Waals surface area contributed by atoms with E-state index in [0.717, 1.165) is 44.3 Å². The normalized spacial score (nSPS) is 21.0. The number of hydrogen-bond acceptors (Lipinski definition) is 4. The maximum absolute atomic E-state index is 12.2. The van der Waals surface area contributed by atoms with Crippen molar-refractivity contribution in [3.63, 3.8) is 0 Å². The van der Waals surface area contributed by atoms with Gasteiger partial charge in [-0.1, -0.05) is 6.42 Å². The van der Waals surface area contributed by atoms with Gasteiger partial charge in [0.2, 0.25) is 5.91 Å². The third kappa shape index (κ3) is 5.70. The average Bonchev–Trinajstić information content (AvgIpc) is 2.64. The predicted octanol–water partition coefficient (Wildman–Crippen LogP) is 2.10. The van der Waals surface area contributed by atoms with Crippen molar-refractivity contribution in [2.45, 2.75) is 44.2 Å². The second kappa shape index (κ2) is 9.75. The molecule has 3 rings (SSSR count). The van der Waals surface area contributed by atoms with Gasteiger partial charge < -0.3 is 20.7 Å². The van der Waals surface area contributed by atoms with Gasteiger partial charge in [-0.05, 0) is 56.5 Å². The summed E-state index contributed by atoms with van der Waals surface area (Å²) in [4.78, 5) is 24.4. The Bertz CT molecular complexity index is 567. The number of halogens is 1. The first kappa shape index (κ1) is 19.7. The molecule has 2 heterocycles. The topological polar surface area (TPSA) is 79.5 Å². The molecule has 1 unspecified atom stereocenters. The van der Waals surface area contributed by atoms with Crippen LogP contribution in [0.25, 0.3) is 0 Å². The lowest BCUT2D eigenvalue weighted by Gasteiger charge is -2.23. The van der Waals surface area contributed by atoms with E-state index in [4.69, 9.17) is 4.74 Å². The van der Waals surface area contributed by atoms with Crippen LogP contribution in [0.5, 0.6) is 0 Å². The van der Waals surface area contributed by atoms with Gasteiger partial charge in [-0.3, -0.25) is 9.59 Å². The van der Waals surface area contributed by atoms with E-state index in [0.29, 0.717) is 18.8 Å². The molecule has 1 aromatic carbocycles. The standard InChI is InChI=1S/C18H25N3O3.ClH/c22-17(20-15-8-11-24-12-9-15)13-4-6-14(7-5-13)21-18(23)16-3-1-2-10-19-16;/h4-7,15-16,19H,1-3,8-12H2,(H,20,22)(H,21,23);1H. The molecule has 3 N–H and O–H groups in total. The van der Waals surface area contributed by atoms with Gasteiger partial charge in [0, 0.05) is 30.5 Å². The van der Waals surface area contributed by atoms with Gasteiger partial charge in [0.25, 0.3) is 5.91 Å². The molecule has 7 heteroatoms. The second-order valence-corrected chi connectivity index (χ2v) is 6.43. The fraction of sp³-hybridized carbons (Fsp3) is 0.556. The Morgan fingerprint density at radius 2 is 1.76 bits per heavy atom. The highest BCUT2D eigenvalue weighted by Gasteiger charge is 2.21. The first-order valence-corrected chi connectivity index (χ1v) is 8.75. The van der Waals surface area contributed by atoms with E-state index in [1.807, 2.05) is 0 Å². The maximum Gasteiger partial charge on any atom is 0.251 e. The van der Waals surface area contributed by atoms with Gasteiger partial charge in [-0.2, -0.15) is 0 Å². The molecule has 2 saturated heterocycles. The van der Waals surface area contributed by atoms with E-state index >= 15 is 0 Å². The molecule has 138 valence electrons. The van der Waals surface area contributed by atoms with Crippen molar-refractivity contribution >= 4 is 29.9 Å². The zero-order valence-corrected chi connectivity index (χ0v) is 15.1. The van der Waals surface area contributed by atoms with Crippen LogP contribution in [-0.2, 0) is 9.53 Å². The summed E-state index contributed by atoms with van der Waals surface area (Å²) in [6.45, 7) is 2.29. The highest BCUT2D eigenvalue weighted by atomic mass is 35.5. The third-order valence-electron chi connectivity index (χ3n) is 4.60. The molecule has 0 radical (unpaired) electrons. The molecule has 25 heavy (non-hydrogen) atoms. The molecule has 2 amide bonds. The Morgan fingerprint density at radius 1 is 1.04 bits per heavy atom. The van der Waals surface area contributed by atoms with Crippen LogP contribution < -0.4 is 16.0 Å². The van der Waals surface area contributed by atoms with Crippen LogP contribution in [0.15, 0.2) is 24.3 Å². The quantitative estimate of drug-likeness (QED) is 0.761. The Morgan fingerprint density at radius 3 is 2.40 bits per heavy atom. The number of anilines is 1. The molecule has 0 bridgehead atoms. The van der Waals surface area contributed by atoms with Gasteiger partial charge in [-0.25, -0.2) is 0 Å². The number of piperidine rings is 1. The summed E-state index contributed by atoms with van der Waals surface area (Å²) in [5.41, 5.74) is 1.32. The number of ether oxygens (including phenoxy) is 1. The first-order valence-electron chi connectivity index (χ1n) is 8.75. The van der Waals surface area contributed by atoms with Crippen molar-refractivity contribution in [3.05, 3.63) is 29.8 Å². The minimum absolute atomic E-state index is 0. The molecular formula is C18H26ClN3O3. The van der Waals surface area contributed by atoms with E-state index in [1.54, 1.807) is 24.3 Å². The lowest BCUT2D eigenvalue weighted by atomic mass is 10.0. The van der Waals surface area contributed by atoms with Crippen molar-refractivity contribution in [3.8, 4) is 0 Å². The Hall–Kier alpha value is -1.63. The van der Waals surface area contributed by atoms with Crippen molar-refractivity contribution in [2.24, 2.45) is 0 Å². The highest BCUT2D eigenvalue weighted by molar-refractivity contribution is 5.97. The molecule has 2 aliphatic rings. The summed E-state index contributed by atoms with van der Waals surface area (Å²) in [5.74, 6) is -0.0807. The number of nitrogens with one attached hydrogen (secondary N) is 3. The van der Waals surface area contributed by atoms with E-state index in [1.165, 1.54) is 0 Å². The fourth-order valence-corrected chi connectivity index (χ4v) is 3.12. The number of hydrogen-bond donors (Lipinski definition) is 3. The van der Waals surface area contributed by atoms with Crippen LogP contribution in [0.1, 0.15) is 42.5 Å². The van der Waals surface area contributed by atoms with Crippen LogP contribution in [0.2, 0.25) is 0 Å². The van der Waals surface area contributed by atoms with E-state index in [-0.39, 0.29) is 36.3 Å². The summed E-state index contributed by atoms with van der Waals surface area (Å²) in [7, 11) is 0. The maximum atomic E-state index is 12.2. The van der Waals surface area contributed by atoms with Gasteiger partial charge in [-0.15, -0.1) is 12.4 Å². The summed E-state index contributed by atoms with van der Waals surface area (Å²) in [5, 5.41) is 9.17. The fourth-order valence-electron chi connectivity index (χ4n) is 3.12. The summed E-state index contributed by atoms with van der Waals surface area (Å²) in [6.07, 6.45) is 4.79. The monoisotopic (exact) mass is 367 g/mol. The predicted molar refractivity (Wildman–Crippen MR) is 99.3 cm³/mol. The molecule has 0 aliphatic carbocycles. The van der Waals surface area contributed by atoms with Crippen LogP contribution in [0.4, 0.5) is 5.69 Å². The number of amides is 2. The number of rotatable bonds is 4. The summed E-state index contributed by atoms with van der Waals surface area (Å²) < 4.78 is 5.29. The molecule has 0 aromatic heterocycles. The molecule has 1 atom stereocenters. The lowest BCUT2D eigenvalue weighted by Crippen LogP contribution is -2.43. The summed E-state index contributed by atoms with van der Waals surface area (Å²) >= 11 is 0. The molecule has 2 aliphatic heterocycles. The lowest BCUT2D eigenvalue weighted by molar-refractivity contribution is -0.118. The van der Waals surface area contributed by atoms with Gasteiger partial charge >= 0.3 is 0 Å². The zero-order chi connectivity index (χ0) is 16.8. The molecule has 1 aromatic rings. The molecule has 0 saturated carbocycles. The van der Waals surface area contributed by atoms with Gasteiger partial charge in [0.05, 0.1) is 6.04 Å². The highest BCUT2D eigenvalue weighted by Crippen LogP contribution is 2.14. The zero-order valence-electron chi connectivity index (χ0n) is 14.3. The van der Waals surface area contributed by atoms with Crippen molar-refractivity contribution in [1.29, 1.82) is 0 Å². The van der Waals surface area contributed by atoms with Crippen molar-refractivity contribution < 1.29 is 14.3 Å². The Kier molecular flexibility index (Phi) is 7.68. The Balaban J connectivity index is 0.00000225. The largest absolute Gasteiger partial charge is 0.381 e.